The molecule has 0 heterocycles. The molecule has 4 heteroatoms. The number of nitrogens with zero attached hydrogens (tertiary/aromatic N) is 2. The zero-order chi connectivity index (χ0) is 9.71. The predicted molar refractivity (Wildman–Crippen MR) is 50.7 cm³/mol. The van der Waals surface area contributed by atoms with Gasteiger partial charge in [0.05, 0.1) is 11.4 Å². The van der Waals surface area contributed by atoms with Gasteiger partial charge in [0.25, 0.3) is 0 Å². The van der Waals surface area contributed by atoms with Gasteiger partial charge in [0.1, 0.15) is 0 Å². The lowest BCUT2D eigenvalue weighted by molar-refractivity contribution is 0.312. The Bertz CT molecular complexity index is 395. The Morgan fingerprint density at radius 2 is 1.79 bits per heavy atom. The first kappa shape index (κ1) is 7.79. The van der Waals surface area contributed by atoms with E-state index in [0.29, 0.717) is 11.6 Å². The molecule has 1 fully saturated rings. The molecule has 0 spiro atoms. The minimum Gasteiger partial charge on any atom is -0.411 e. The molecule has 3 aliphatic rings. The number of hydrogen-bond donors (Lipinski definition) is 2. The van der Waals surface area contributed by atoms with E-state index < -0.39 is 0 Å². The van der Waals surface area contributed by atoms with Crippen LogP contribution >= 0.6 is 0 Å². The van der Waals surface area contributed by atoms with Crippen molar-refractivity contribution in [3.63, 3.8) is 0 Å². The normalized spacial score (nSPS) is 48.3. The minimum absolute atomic E-state index is 0.121. The van der Waals surface area contributed by atoms with Gasteiger partial charge in [0.15, 0.2) is 0 Å². The van der Waals surface area contributed by atoms with Gasteiger partial charge >= 0.3 is 0 Å². The molecule has 4 nitrogen and oxygen atoms in total. The van der Waals surface area contributed by atoms with E-state index in [0.717, 1.165) is 5.71 Å². The lowest BCUT2D eigenvalue weighted by Gasteiger charge is -2.17. The maximum atomic E-state index is 8.88. The Kier molecular flexibility index (Phi) is 1.37. The second kappa shape index (κ2) is 2.47. The van der Waals surface area contributed by atoms with Crippen LogP contribution in [0.2, 0.25) is 0 Å². The maximum Gasteiger partial charge on any atom is 0.0839 e. The number of oxime groups is 2. The highest BCUT2D eigenvalue weighted by atomic mass is 16.4. The molecule has 3 rings (SSSR count). The average Bonchev–Trinajstić information content (AvgIpc) is 2.87. The molecule has 1 saturated carbocycles. The molecule has 0 aromatic rings. The van der Waals surface area contributed by atoms with E-state index in [1.807, 2.05) is 18.2 Å². The number of fused-ring (bicyclic) bond motifs is 5. The van der Waals surface area contributed by atoms with Crippen LogP contribution in [0.4, 0.5) is 0 Å². The van der Waals surface area contributed by atoms with Crippen LogP contribution in [0.5, 0.6) is 0 Å². The quantitative estimate of drug-likeness (QED) is 0.343. The molecule has 0 unspecified atom stereocenters. The molecule has 4 atom stereocenters. The molecule has 2 bridgehead atoms. The topological polar surface area (TPSA) is 65.2 Å². The van der Waals surface area contributed by atoms with Gasteiger partial charge in [0, 0.05) is 17.8 Å². The van der Waals surface area contributed by atoms with Gasteiger partial charge in [-0.05, 0) is 12.0 Å². The predicted octanol–water partition coefficient (Wildman–Crippen LogP) is 1.26. The van der Waals surface area contributed by atoms with Crippen molar-refractivity contribution >= 4 is 11.4 Å². The molecule has 0 aromatic heterocycles. The molecule has 0 amide bonds. The van der Waals surface area contributed by atoms with Crippen LogP contribution in [-0.2, 0) is 0 Å². The fraction of sp³-hybridized carbons (Fsp3) is 0.400. The average molecular weight is 190 g/mol. The van der Waals surface area contributed by atoms with Gasteiger partial charge < -0.3 is 10.4 Å². The van der Waals surface area contributed by atoms with E-state index in [1.54, 1.807) is 0 Å². The second-order valence-electron chi connectivity index (χ2n) is 3.95. The Morgan fingerprint density at radius 1 is 1.00 bits per heavy atom. The van der Waals surface area contributed by atoms with Crippen molar-refractivity contribution in [1.29, 1.82) is 0 Å². The highest BCUT2D eigenvalue weighted by Crippen LogP contribution is 2.49. The van der Waals surface area contributed by atoms with E-state index in [1.165, 1.54) is 0 Å². The summed E-state index contributed by atoms with van der Waals surface area (Å²) in [6, 6.07) is 0. The molecule has 0 aliphatic heterocycles. The molecule has 0 aromatic carbocycles. The zero-order valence-corrected chi connectivity index (χ0v) is 7.41. The largest absolute Gasteiger partial charge is 0.411 e. The van der Waals surface area contributed by atoms with Crippen molar-refractivity contribution in [2.45, 2.75) is 0 Å². The van der Waals surface area contributed by atoms with E-state index in [2.05, 4.69) is 16.4 Å². The molecule has 0 saturated heterocycles. The van der Waals surface area contributed by atoms with Gasteiger partial charge in [-0.1, -0.05) is 28.5 Å². The first-order valence-corrected chi connectivity index (χ1v) is 4.67. The Morgan fingerprint density at radius 3 is 2.50 bits per heavy atom. The van der Waals surface area contributed by atoms with E-state index >= 15 is 0 Å². The summed E-state index contributed by atoms with van der Waals surface area (Å²) in [5, 5.41) is 24.3. The molecule has 3 aliphatic carbocycles. The van der Waals surface area contributed by atoms with Gasteiger partial charge in [-0.25, -0.2) is 0 Å². The van der Waals surface area contributed by atoms with Crippen LogP contribution in [-0.4, -0.2) is 21.8 Å². The SMILES string of the molecule is ON=C1C=C[C@H]2[C@@H]1[C@@H]1C=C[C@@H]2C1=NO. The third-order valence-corrected chi connectivity index (χ3v) is 3.49. The minimum atomic E-state index is 0.121. The van der Waals surface area contributed by atoms with E-state index in [9.17, 15) is 0 Å². The molecular formula is C10H10N2O2. The van der Waals surface area contributed by atoms with Gasteiger partial charge in [-0.2, -0.15) is 0 Å². The van der Waals surface area contributed by atoms with Crippen LogP contribution in [0.25, 0.3) is 0 Å². The fourth-order valence-electron chi connectivity index (χ4n) is 2.93. The first-order chi connectivity index (χ1) is 6.86. The van der Waals surface area contributed by atoms with Crippen molar-refractivity contribution < 1.29 is 10.4 Å². The van der Waals surface area contributed by atoms with Crippen molar-refractivity contribution in [2.24, 2.45) is 34.0 Å². The highest BCUT2D eigenvalue weighted by Gasteiger charge is 2.52. The Labute approximate surface area is 80.9 Å². The van der Waals surface area contributed by atoms with Crippen LogP contribution in [0.15, 0.2) is 34.6 Å². The van der Waals surface area contributed by atoms with Crippen LogP contribution in [0, 0.1) is 23.7 Å². The summed E-state index contributed by atoms with van der Waals surface area (Å²) in [5.41, 5.74) is 1.51. The number of hydrogen-bond acceptors (Lipinski definition) is 4. The van der Waals surface area contributed by atoms with Gasteiger partial charge in [0.2, 0.25) is 0 Å². The Balaban J connectivity index is 2.08. The summed E-state index contributed by atoms with van der Waals surface area (Å²) in [7, 11) is 0. The second-order valence-corrected chi connectivity index (χ2v) is 3.95. The van der Waals surface area contributed by atoms with Crippen molar-refractivity contribution in [3.8, 4) is 0 Å². The number of allylic oxidation sites excluding steroid dienone is 4. The smallest absolute Gasteiger partial charge is 0.0839 e. The summed E-state index contributed by atoms with van der Waals surface area (Å²) in [5.74, 6) is 0.823. The third kappa shape index (κ3) is 0.697. The van der Waals surface area contributed by atoms with Crippen LogP contribution < -0.4 is 0 Å². The number of rotatable bonds is 0. The molecule has 0 radical (unpaired) electrons. The lowest BCUT2D eigenvalue weighted by atomic mass is 9.85. The maximum absolute atomic E-state index is 8.88. The van der Waals surface area contributed by atoms with E-state index in [-0.39, 0.29) is 17.8 Å². The summed E-state index contributed by atoms with van der Waals surface area (Å²) < 4.78 is 0. The van der Waals surface area contributed by atoms with Gasteiger partial charge in [-0.3, -0.25) is 0 Å². The third-order valence-electron chi connectivity index (χ3n) is 3.49. The highest BCUT2D eigenvalue weighted by molar-refractivity contribution is 6.09. The zero-order valence-electron chi connectivity index (χ0n) is 7.41. The summed E-state index contributed by atoms with van der Waals surface area (Å²) in [6.45, 7) is 0. The monoisotopic (exact) mass is 190 g/mol. The summed E-state index contributed by atoms with van der Waals surface area (Å²) >= 11 is 0. The van der Waals surface area contributed by atoms with Crippen LogP contribution in [0.1, 0.15) is 0 Å². The fourth-order valence-corrected chi connectivity index (χ4v) is 2.93. The first-order valence-electron chi connectivity index (χ1n) is 4.67. The van der Waals surface area contributed by atoms with Crippen molar-refractivity contribution in [1.82, 2.24) is 0 Å². The summed E-state index contributed by atoms with van der Waals surface area (Å²) in [4.78, 5) is 0. The van der Waals surface area contributed by atoms with Crippen molar-refractivity contribution in [2.75, 3.05) is 0 Å². The standard InChI is InChI=1S/C10H10N2O2/c13-11-8-4-3-5-6-1-2-7(9(5)8)10(6)12-14/h1-7,9,13-14H/t5-,6+,7+,9-/m1/s1. The Hall–Kier alpha value is -1.58. The van der Waals surface area contributed by atoms with Crippen molar-refractivity contribution in [3.05, 3.63) is 24.3 Å². The molecule has 14 heavy (non-hydrogen) atoms. The molecule has 2 N–H and O–H groups in total. The van der Waals surface area contributed by atoms with Crippen LogP contribution in [0.3, 0.4) is 0 Å². The van der Waals surface area contributed by atoms with Gasteiger partial charge in [-0.15, -0.1) is 0 Å². The molecular weight excluding hydrogens is 180 g/mol. The molecule has 72 valence electrons. The summed E-state index contributed by atoms with van der Waals surface area (Å²) in [6.07, 6.45) is 8.01. The van der Waals surface area contributed by atoms with E-state index in [4.69, 9.17) is 10.4 Å². The lowest BCUT2D eigenvalue weighted by Crippen LogP contribution is -2.20.